The van der Waals surface area contributed by atoms with Crippen molar-refractivity contribution in [2.75, 3.05) is 6.61 Å². The molecule has 1 heterocycles. The zero-order valence-electron chi connectivity index (χ0n) is 23.1. The molecule has 1 aliphatic heterocycles. The minimum Gasteiger partial charge on any atom is -0.490 e. The maximum atomic E-state index is 12.8. The van der Waals surface area contributed by atoms with Crippen LogP contribution in [0, 0.1) is 25.2 Å². The minimum absolute atomic E-state index is 0.00922. The number of nitrogens with zero attached hydrogens (tertiary/aromatic N) is 1. The molecule has 0 aromatic heterocycles. The number of aryl methyl sites for hydroxylation is 2. The molecule has 2 N–H and O–H groups in total. The molecule has 5 rings (SSSR count). The Balaban J connectivity index is 1.45. The number of benzene rings is 4. The van der Waals surface area contributed by atoms with E-state index >= 15 is 0 Å². The van der Waals surface area contributed by atoms with Crippen molar-refractivity contribution in [1.82, 2.24) is 0 Å². The van der Waals surface area contributed by atoms with Gasteiger partial charge in [-0.05, 0) is 61.7 Å². The molecule has 41 heavy (non-hydrogen) atoms. The molecule has 0 fully saturated rings. The van der Waals surface area contributed by atoms with E-state index < -0.39 is 11.9 Å². The number of nitriles is 1. The normalized spacial score (nSPS) is 14.0. The van der Waals surface area contributed by atoms with Crippen molar-refractivity contribution >= 4 is 5.97 Å². The van der Waals surface area contributed by atoms with Crippen LogP contribution in [0.5, 0.6) is 23.0 Å². The molecule has 0 aliphatic carbocycles. The smallest absolute Gasteiger partial charge is 0.343 e. The molecule has 1 unspecified atom stereocenters. The summed E-state index contributed by atoms with van der Waals surface area (Å²) in [4.78, 5) is 12.8. The number of carbonyl (C=O) groups excluding carboxylic acids is 1. The van der Waals surface area contributed by atoms with Crippen molar-refractivity contribution in [2.45, 2.75) is 33.3 Å². The monoisotopic (exact) mass is 546 g/mol. The molecule has 0 spiro atoms. The second kappa shape index (κ2) is 11.9. The molecular formula is C34H30N2O5. The summed E-state index contributed by atoms with van der Waals surface area (Å²) in [7, 11) is 0. The SMILES string of the molecule is CCOc1cc(C2C(C#N)=C(N)Oc3cc(OC(=O)c4ccccc4C)ccc32)ccc1OCc1ccc(C)cc1. The molecule has 7 heteroatoms. The van der Waals surface area contributed by atoms with Crippen LogP contribution in [0.4, 0.5) is 0 Å². The third-order valence-corrected chi connectivity index (χ3v) is 6.88. The summed E-state index contributed by atoms with van der Waals surface area (Å²) in [6, 6.07) is 28.2. The average Bonchev–Trinajstić information content (AvgIpc) is 2.97. The molecule has 0 saturated heterocycles. The van der Waals surface area contributed by atoms with Crippen molar-refractivity contribution in [3.63, 3.8) is 0 Å². The number of allylic oxidation sites excluding steroid dienone is 1. The summed E-state index contributed by atoms with van der Waals surface area (Å²) in [6.45, 7) is 6.62. The lowest BCUT2D eigenvalue weighted by molar-refractivity contribution is 0.0733. The first-order chi connectivity index (χ1) is 19.9. The second-order valence-electron chi connectivity index (χ2n) is 9.74. The van der Waals surface area contributed by atoms with Gasteiger partial charge in [0.1, 0.15) is 29.7 Å². The Morgan fingerprint density at radius 2 is 1.73 bits per heavy atom. The van der Waals surface area contributed by atoms with E-state index in [0.717, 1.165) is 16.7 Å². The largest absolute Gasteiger partial charge is 0.490 e. The van der Waals surface area contributed by atoms with Crippen molar-refractivity contribution in [2.24, 2.45) is 5.73 Å². The van der Waals surface area contributed by atoms with Crippen LogP contribution in [-0.4, -0.2) is 12.6 Å². The fourth-order valence-corrected chi connectivity index (χ4v) is 4.74. The molecule has 4 aromatic carbocycles. The van der Waals surface area contributed by atoms with E-state index in [4.69, 9.17) is 24.7 Å². The van der Waals surface area contributed by atoms with Crippen LogP contribution < -0.4 is 24.7 Å². The van der Waals surface area contributed by atoms with Gasteiger partial charge in [-0.2, -0.15) is 5.26 Å². The van der Waals surface area contributed by atoms with Crippen LogP contribution in [0.25, 0.3) is 0 Å². The summed E-state index contributed by atoms with van der Waals surface area (Å²) in [5.74, 6) is 0.861. The molecule has 1 atom stereocenters. The fraction of sp³-hybridized carbons (Fsp3) is 0.176. The van der Waals surface area contributed by atoms with E-state index in [1.807, 2.05) is 75.4 Å². The summed E-state index contributed by atoms with van der Waals surface area (Å²) in [5, 5.41) is 10.0. The van der Waals surface area contributed by atoms with E-state index in [0.29, 0.717) is 47.3 Å². The molecule has 4 aromatic rings. The zero-order chi connectivity index (χ0) is 28.9. The number of ether oxygens (including phenoxy) is 4. The van der Waals surface area contributed by atoms with Gasteiger partial charge in [0.15, 0.2) is 11.5 Å². The van der Waals surface area contributed by atoms with Gasteiger partial charge < -0.3 is 24.7 Å². The number of carbonyl (C=O) groups is 1. The van der Waals surface area contributed by atoms with Crippen LogP contribution in [-0.2, 0) is 6.61 Å². The van der Waals surface area contributed by atoms with Gasteiger partial charge >= 0.3 is 5.97 Å². The Bertz CT molecular complexity index is 1670. The molecule has 206 valence electrons. The van der Waals surface area contributed by atoms with Crippen LogP contribution in [0.15, 0.2) is 96.4 Å². The number of fused-ring (bicyclic) bond motifs is 1. The van der Waals surface area contributed by atoms with Gasteiger partial charge in [-0.3, -0.25) is 0 Å². The Morgan fingerprint density at radius 1 is 0.951 bits per heavy atom. The Morgan fingerprint density at radius 3 is 2.46 bits per heavy atom. The fourth-order valence-electron chi connectivity index (χ4n) is 4.74. The average molecular weight is 547 g/mol. The third kappa shape index (κ3) is 5.87. The predicted octanol–water partition coefficient (Wildman–Crippen LogP) is 6.72. The van der Waals surface area contributed by atoms with Crippen LogP contribution >= 0.6 is 0 Å². The summed E-state index contributed by atoms with van der Waals surface area (Å²) < 4.78 is 23.5. The summed E-state index contributed by atoms with van der Waals surface area (Å²) in [5.41, 5.74) is 11.5. The quantitative estimate of drug-likeness (QED) is 0.193. The van der Waals surface area contributed by atoms with E-state index in [-0.39, 0.29) is 11.5 Å². The lowest BCUT2D eigenvalue weighted by atomic mass is 9.83. The molecule has 1 aliphatic rings. The Labute approximate surface area is 239 Å². The number of nitrogens with two attached hydrogens (primary N) is 1. The van der Waals surface area contributed by atoms with Crippen LogP contribution in [0.2, 0.25) is 0 Å². The van der Waals surface area contributed by atoms with E-state index in [1.165, 1.54) is 5.56 Å². The van der Waals surface area contributed by atoms with Crippen LogP contribution in [0.3, 0.4) is 0 Å². The lowest BCUT2D eigenvalue weighted by Crippen LogP contribution is -2.21. The number of hydrogen-bond donors (Lipinski definition) is 1. The van der Waals surface area contributed by atoms with Crippen LogP contribution in [0.1, 0.15) is 51.0 Å². The molecule has 7 nitrogen and oxygen atoms in total. The number of hydrogen-bond acceptors (Lipinski definition) is 7. The topological polar surface area (TPSA) is 104 Å². The number of rotatable bonds is 8. The Kier molecular flexibility index (Phi) is 7.93. The highest BCUT2D eigenvalue weighted by Gasteiger charge is 2.32. The number of esters is 1. The first kappa shape index (κ1) is 27.4. The first-order valence-corrected chi connectivity index (χ1v) is 13.3. The van der Waals surface area contributed by atoms with Gasteiger partial charge in [0.25, 0.3) is 0 Å². The third-order valence-electron chi connectivity index (χ3n) is 6.88. The molecule has 0 radical (unpaired) electrons. The minimum atomic E-state index is -0.518. The van der Waals surface area contributed by atoms with Gasteiger partial charge in [-0.1, -0.05) is 60.2 Å². The standard InChI is InChI=1S/C34H30N2O5/c1-4-38-31-17-24(13-16-29(31)39-20-23-11-9-21(2)10-12-23)32-27-15-14-25(18-30(27)41-33(36)28(32)19-35)40-34(37)26-8-6-5-7-22(26)3/h5-18,32H,4,20,36H2,1-3H3. The predicted molar refractivity (Wildman–Crippen MR) is 155 cm³/mol. The maximum Gasteiger partial charge on any atom is 0.343 e. The van der Waals surface area contributed by atoms with Crippen molar-refractivity contribution in [3.05, 3.63) is 130 Å². The first-order valence-electron chi connectivity index (χ1n) is 13.3. The maximum absolute atomic E-state index is 12.8. The summed E-state index contributed by atoms with van der Waals surface area (Å²) in [6.07, 6.45) is 0. The highest BCUT2D eigenvalue weighted by Crippen LogP contribution is 2.45. The second-order valence-corrected chi connectivity index (χ2v) is 9.74. The van der Waals surface area contributed by atoms with Gasteiger partial charge in [0.2, 0.25) is 5.88 Å². The Hall–Kier alpha value is -5.22. The van der Waals surface area contributed by atoms with Gasteiger partial charge in [-0.15, -0.1) is 0 Å². The highest BCUT2D eigenvalue weighted by atomic mass is 16.5. The molecular weight excluding hydrogens is 516 g/mol. The zero-order valence-corrected chi connectivity index (χ0v) is 23.1. The van der Waals surface area contributed by atoms with Gasteiger partial charge in [-0.25, -0.2) is 4.79 Å². The summed E-state index contributed by atoms with van der Waals surface area (Å²) >= 11 is 0. The van der Waals surface area contributed by atoms with E-state index in [2.05, 4.69) is 6.07 Å². The molecule has 0 saturated carbocycles. The molecule has 0 amide bonds. The van der Waals surface area contributed by atoms with Gasteiger partial charge in [0.05, 0.1) is 18.1 Å². The van der Waals surface area contributed by atoms with Crippen molar-refractivity contribution < 1.29 is 23.7 Å². The van der Waals surface area contributed by atoms with E-state index in [9.17, 15) is 10.1 Å². The van der Waals surface area contributed by atoms with Gasteiger partial charge in [0, 0.05) is 11.6 Å². The van der Waals surface area contributed by atoms with Crippen molar-refractivity contribution in [1.29, 1.82) is 5.26 Å². The lowest BCUT2D eigenvalue weighted by Gasteiger charge is -2.27. The van der Waals surface area contributed by atoms with E-state index in [1.54, 1.807) is 30.3 Å². The highest BCUT2D eigenvalue weighted by molar-refractivity contribution is 5.92. The molecule has 0 bridgehead atoms. The van der Waals surface area contributed by atoms with Crippen molar-refractivity contribution in [3.8, 4) is 29.1 Å².